The van der Waals surface area contributed by atoms with Gasteiger partial charge in [-0.25, -0.2) is 8.42 Å². The van der Waals surface area contributed by atoms with E-state index in [0.29, 0.717) is 5.69 Å². The quantitative estimate of drug-likeness (QED) is 0.605. The molecule has 2 aromatic rings. The number of hydrogen-bond acceptors (Lipinski definition) is 4. The molecule has 2 aromatic carbocycles. The van der Waals surface area contributed by atoms with Crippen molar-refractivity contribution in [2.75, 3.05) is 35.1 Å². The van der Waals surface area contributed by atoms with Gasteiger partial charge in [0.25, 0.3) is 0 Å². The number of carbonyl (C=O) groups is 1. The number of nitrogens with one attached hydrogen (secondary N) is 1. The Balaban J connectivity index is 1.64. The Morgan fingerprint density at radius 2 is 1.84 bits per heavy atom. The number of benzene rings is 2. The van der Waals surface area contributed by atoms with Crippen LogP contribution in [0, 0.1) is 5.92 Å². The van der Waals surface area contributed by atoms with Gasteiger partial charge in [0.05, 0.1) is 18.0 Å². The zero-order valence-corrected chi connectivity index (χ0v) is 20.6. The molecule has 1 N–H and O–H groups in total. The minimum atomic E-state index is -3.61. The van der Waals surface area contributed by atoms with Crippen molar-refractivity contribution in [1.82, 2.24) is 5.32 Å². The lowest BCUT2D eigenvalue weighted by atomic mass is 9.98. The van der Waals surface area contributed by atoms with Crippen molar-refractivity contribution in [3.8, 4) is 0 Å². The lowest BCUT2D eigenvalue weighted by molar-refractivity contribution is -0.120. The third kappa shape index (κ3) is 6.46. The summed E-state index contributed by atoms with van der Waals surface area (Å²) in [5.74, 6) is 0.432. The number of rotatable bonds is 7. The van der Waals surface area contributed by atoms with E-state index in [-0.39, 0.29) is 18.5 Å². The summed E-state index contributed by atoms with van der Waals surface area (Å²) in [5.41, 5.74) is 2.63. The van der Waals surface area contributed by atoms with Gasteiger partial charge in [0.15, 0.2) is 0 Å². The second-order valence-corrected chi connectivity index (χ2v) is 11.1. The van der Waals surface area contributed by atoms with Crippen LogP contribution in [-0.4, -0.2) is 40.2 Å². The Labute approximate surface area is 193 Å². The highest BCUT2D eigenvalue weighted by Crippen LogP contribution is 2.25. The third-order valence-electron chi connectivity index (χ3n) is 5.70. The molecule has 31 heavy (non-hydrogen) atoms. The minimum absolute atomic E-state index is 0.230. The Bertz CT molecular complexity index is 1000. The Morgan fingerprint density at radius 1 is 1.19 bits per heavy atom. The SMILES string of the molecule is CC1CCN(c2ccc(C(C)NC(=O)CN(c3cccc(Br)c3)S(C)(=O)=O)cc2)CC1. The van der Waals surface area contributed by atoms with Gasteiger partial charge in [0.2, 0.25) is 15.9 Å². The first kappa shape index (κ1) is 23.6. The molecule has 0 saturated carbocycles. The molecule has 0 spiro atoms. The Kier molecular flexibility index (Phi) is 7.64. The first-order chi connectivity index (χ1) is 14.6. The molecule has 1 saturated heterocycles. The molecule has 8 heteroatoms. The molecule has 1 aliphatic rings. The maximum Gasteiger partial charge on any atom is 0.241 e. The largest absolute Gasteiger partial charge is 0.372 e. The molecule has 1 unspecified atom stereocenters. The van der Waals surface area contributed by atoms with Crippen molar-refractivity contribution < 1.29 is 13.2 Å². The molecule has 1 aliphatic heterocycles. The smallest absolute Gasteiger partial charge is 0.241 e. The molecule has 1 amide bonds. The maximum atomic E-state index is 12.6. The number of nitrogens with zero attached hydrogens (tertiary/aromatic N) is 2. The second-order valence-electron chi connectivity index (χ2n) is 8.30. The highest BCUT2D eigenvalue weighted by molar-refractivity contribution is 9.10. The van der Waals surface area contributed by atoms with Crippen LogP contribution in [0.25, 0.3) is 0 Å². The normalized spacial score (nSPS) is 16.1. The average Bonchev–Trinajstić information content (AvgIpc) is 2.72. The molecule has 6 nitrogen and oxygen atoms in total. The lowest BCUT2D eigenvalue weighted by Gasteiger charge is -2.32. The predicted octanol–water partition coefficient (Wildman–Crippen LogP) is 4.33. The van der Waals surface area contributed by atoms with Crippen LogP contribution in [0.5, 0.6) is 0 Å². The molecule has 3 rings (SSSR count). The summed E-state index contributed by atoms with van der Waals surface area (Å²) in [4.78, 5) is 15.0. The predicted molar refractivity (Wildman–Crippen MR) is 130 cm³/mol. The van der Waals surface area contributed by atoms with Crippen molar-refractivity contribution >= 4 is 43.2 Å². The van der Waals surface area contributed by atoms with E-state index in [0.717, 1.165) is 39.6 Å². The number of hydrogen-bond donors (Lipinski definition) is 1. The summed E-state index contributed by atoms with van der Waals surface area (Å²) in [5, 5.41) is 2.92. The van der Waals surface area contributed by atoms with E-state index < -0.39 is 10.0 Å². The number of carbonyl (C=O) groups excluding carboxylic acids is 1. The highest BCUT2D eigenvalue weighted by Gasteiger charge is 2.22. The summed E-state index contributed by atoms with van der Waals surface area (Å²) >= 11 is 3.35. The molecule has 1 atom stereocenters. The lowest BCUT2D eigenvalue weighted by Crippen LogP contribution is -2.41. The van der Waals surface area contributed by atoms with Gasteiger partial charge >= 0.3 is 0 Å². The summed E-state index contributed by atoms with van der Waals surface area (Å²) < 4.78 is 26.4. The van der Waals surface area contributed by atoms with E-state index in [1.807, 2.05) is 19.1 Å². The fraction of sp³-hybridized carbons (Fsp3) is 0.435. The zero-order valence-electron chi connectivity index (χ0n) is 18.2. The van der Waals surface area contributed by atoms with Gasteiger partial charge in [-0.1, -0.05) is 41.1 Å². The van der Waals surface area contributed by atoms with E-state index in [4.69, 9.17) is 0 Å². The number of sulfonamides is 1. The molecule has 0 radical (unpaired) electrons. The first-order valence-corrected chi connectivity index (χ1v) is 13.1. The molecule has 0 aliphatic carbocycles. The second kappa shape index (κ2) is 10.0. The van der Waals surface area contributed by atoms with Gasteiger partial charge in [-0.15, -0.1) is 0 Å². The highest BCUT2D eigenvalue weighted by atomic mass is 79.9. The van der Waals surface area contributed by atoms with E-state index >= 15 is 0 Å². The van der Waals surface area contributed by atoms with Crippen molar-refractivity contribution in [2.45, 2.75) is 32.7 Å². The molecular weight excluding hydrogens is 478 g/mol. The van der Waals surface area contributed by atoms with Gasteiger partial charge in [-0.2, -0.15) is 0 Å². The number of anilines is 2. The van der Waals surface area contributed by atoms with Crippen LogP contribution in [0.1, 0.15) is 38.3 Å². The van der Waals surface area contributed by atoms with Crippen molar-refractivity contribution in [2.24, 2.45) is 5.92 Å². The van der Waals surface area contributed by atoms with E-state index in [1.54, 1.807) is 24.3 Å². The van der Waals surface area contributed by atoms with Crippen LogP contribution >= 0.6 is 15.9 Å². The maximum absolute atomic E-state index is 12.6. The topological polar surface area (TPSA) is 69.7 Å². The average molecular weight is 508 g/mol. The molecule has 1 fully saturated rings. The molecule has 168 valence electrons. The minimum Gasteiger partial charge on any atom is -0.372 e. The van der Waals surface area contributed by atoms with Crippen LogP contribution in [0.2, 0.25) is 0 Å². The van der Waals surface area contributed by atoms with Crippen LogP contribution in [0.4, 0.5) is 11.4 Å². The zero-order chi connectivity index (χ0) is 22.6. The van der Waals surface area contributed by atoms with Crippen molar-refractivity contribution in [1.29, 1.82) is 0 Å². The van der Waals surface area contributed by atoms with Crippen molar-refractivity contribution in [3.63, 3.8) is 0 Å². The van der Waals surface area contributed by atoms with Gasteiger partial charge in [0.1, 0.15) is 6.54 Å². The van der Waals surface area contributed by atoms with Gasteiger partial charge in [-0.05, 0) is 61.6 Å². The number of piperidine rings is 1. The monoisotopic (exact) mass is 507 g/mol. The van der Waals surface area contributed by atoms with Crippen LogP contribution < -0.4 is 14.5 Å². The standard InChI is InChI=1S/C23H30BrN3O3S/c1-17-11-13-26(14-12-17)21-9-7-19(8-10-21)18(2)25-23(28)16-27(31(3,29)30)22-6-4-5-20(24)15-22/h4-10,15,17-18H,11-14,16H2,1-3H3,(H,25,28). The summed E-state index contributed by atoms with van der Waals surface area (Å²) in [6.07, 6.45) is 3.52. The van der Waals surface area contributed by atoms with E-state index in [2.05, 4.69) is 45.2 Å². The van der Waals surface area contributed by atoms with Crippen molar-refractivity contribution in [3.05, 3.63) is 58.6 Å². The molecular formula is C23H30BrN3O3S. The third-order valence-corrected chi connectivity index (χ3v) is 7.34. The van der Waals surface area contributed by atoms with Gasteiger partial charge in [-0.3, -0.25) is 9.10 Å². The number of halogens is 1. The molecule has 1 heterocycles. The van der Waals surface area contributed by atoms with Crippen LogP contribution in [-0.2, 0) is 14.8 Å². The molecule has 0 bridgehead atoms. The van der Waals surface area contributed by atoms with Crippen LogP contribution in [0.3, 0.4) is 0 Å². The fourth-order valence-corrected chi connectivity index (χ4v) is 5.01. The van der Waals surface area contributed by atoms with Crippen LogP contribution in [0.15, 0.2) is 53.0 Å². The summed E-state index contributed by atoms with van der Waals surface area (Å²) in [6, 6.07) is 14.9. The van der Waals surface area contributed by atoms with Gasteiger partial charge in [0, 0.05) is 23.2 Å². The van der Waals surface area contributed by atoms with E-state index in [1.165, 1.54) is 18.5 Å². The van der Waals surface area contributed by atoms with E-state index in [9.17, 15) is 13.2 Å². The first-order valence-electron chi connectivity index (χ1n) is 10.5. The number of amides is 1. The van der Waals surface area contributed by atoms with Gasteiger partial charge < -0.3 is 10.2 Å². The molecule has 0 aromatic heterocycles. The summed E-state index contributed by atoms with van der Waals surface area (Å²) in [6.45, 7) is 6.07. The summed E-state index contributed by atoms with van der Waals surface area (Å²) in [7, 11) is -3.61. The Hall–Kier alpha value is -2.06. The Morgan fingerprint density at radius 3 is 2.42 bits per heavy atom. The fourth-order valence-electron chi connectivity index (χ4n) is 3.77.